The van der Waals surface area contributed by atoms with Crippen LogP contribution in [0.5, 0.6) is 0 Å². The maximum absolute atomic E-state index is 12.4. The van der Waals surface area contributed by atoms with E-state index in [2.05, 4.69) is 5.32 Å². The molecule has 1 aliphatic carbocycles. The maximum atomic E-state index is 12.4. The highest BCUT2D eigenvalue weighted by Crippen LogP contribution is 2.63. The van der Waals surface area contributed by atoms with Crippen LogP contribution in [0.25, 0.3) is 0 Å². The van der Waals surface area contributed by atoms with Gasteiger partial charge in [-0.1, -0.05) is 0 Å². The third kappa shape index (κ3) is 0.781. The zero-order chi connectivity index (χ0) is 9.04. The molecule has 0 unspecified atom stereocenters. The Morgan fingerprint density at radius 1 is 1.33 bits per heavy atom. The van der Waals surface area contributed by atoms with Crippen molar-refractivity contribution in [3.63, 3.8) is 0 Å². The van der Waals surface area contributed by atoms with Crippen LogP contribution in [0.15, 0.2) is 0 Å². The predicted octanol–water partition coefficient (Wildman–Crippen LogP) is 1.27. The van der Waals surface area contributed by atoms with E-state index >= 15 is 0 Å². The van der Waals surface area contributed by atoms with E-state index in [1.165, 1.54) is 0 Å². The number of fused-ring (bicyclic) bond motifs is 1. The molecule has 0 aromatic carbocycles. The Labute approximate surface area is 68.1 Å². The van der Waals surface area contributed by atoms with Crippen LogP contribution >= 0.6 is 0 Å². The molecule has 3 fully saturated rings. The highest BCUT2D eigenvalue weighted by atomic mass is 19.4. The second-order valence-corrected chi connectivity index (χ2v) is 3.66. The van der Waals surface area contributed by atoms with E-state index in [1.807, 2.05) is 0 Å². The standard InChI is InChI=1S/C7H10F3NO/c1-11-6-2-5(3-6,4-12-6)7(8,9)10/h11H,2-4H2,1H3. The third-order valence-corrected chi connectivity index (χ3v) is 2.93. The number of hydrogen-bond acceptors (Lipinski definition) is 2. The fourth-order valence-electron chi connectivity index (χ4n) is 2.05. The summed E-state index contributed by atoms with van der Waals surface area (Å²) in [6.45, 7) is -0.183. The second kappa shape index (κ2) is 1.96. The Morgan fingerprint density at radius 3 is 2.17 bits per heavy atom. The average Bonchev–Trinajstić information content (AvgIpc) is 2.37. The van der Waals surface area contributed by atoms with Crippen LogP contribution in [0.3, 0.4) is 0 Å². The minimum atomic E-state index is -4.11. The monoisotopic (exact) mass is 181 g/mol. The van der Waals surface area contributed by atoms with Crippen molar-refractivity contribution >= 4 is 0 Å². The Balaban J connectivity index is 2.14. The van der Waals surface area contributed by atoms with Gasteiger partial charge in [-0.15, -0.1) is 0 Å². The zero-order valence-corrected chi connectivity index (χ0v) is 6.66. The molecule has 70 valence electrons. The molecular weight excluding hydrogens is 171 g/mol. The van der Waals surface area contributed by atoms with Crippen molar-refractivity contribution in [2.45, 2.75) is 24.7 Å². The average molecular weight is 181 g/mol. The smallest absolute Gasteiger partial charge is 0.360 e. The molecule has 0 aromatic heterocycles. The fraction of sp³-hybridized carbons (Fsp3) is 1.00. The number of rotatable bonds is 1. The van der Waals surface area contributed by atoms with Gasteiger partial charge >= 0.3 is 6.18 Å². The van der Waals surface area contributed by atoms with Crippen LogP contribution in [0.2, 0.25) is 0 Å². The first-order chi connectivity index (χ1) is 5.43. The summed E-state index contributed by atoms with van der Waals surface area (Å²) in [6.07, 6.45) is -3.97. The summed E-state index contributed by atoms with van der Waals surface area (Å²) in [5, 5.41) is 2.78. The number of halogens is 3. The molecule has 0 aromatic rings. The minimum Gasteiger partial charge on any atom is -0.360 e. The van der Waals surface area contributed by atoms with Crippen LogP contribution in [0, 0.1) is 5.41 Å². The normalized spacial score (nSPS) is 46.0. The van der Waals surface area contributed by atoms with Gasteiger partial charge in [-0.3, -0.25) is 5.32 Å². The molecule has 2 bridgehead atoms. The SMILES string of the molecule is CNC12CC(C(F)(F)F)(CO1)C2. The molecule has 2 aliphatic heterocycles. The molecule has 5 heteroatoms. The highest BCUT2D eigenvalue weighted by Gasteiger charge is 2.73. The van der Waals surface area contributed by atoms with E-state index in [1.54, 1.807) is 7.05 Å². The van der Waals surface area contributed by atoms with Crippen LogP contribution in [-0.2, 0) is 4.74 Å². The molecule has 0 atom stereocenters. The lowest BCUT2D eigenvalue weighted by molar-refractivity contribution is -0.246. The van der Waals surface area contributed by atoms with Crippen molar-refractivity contribution in [1.82, 2.24) is 5.32 Å². The number of ether oxygens (including phenoxy) is 1. The van der Waals surface area contributed by atoms with Crippen molar-refractivity contribution in [3.05, 3.63) is 0 Å². The number of hydrogen-bond donors (Lipinski definition) is 1. The lowest BCUT2D eigenvalue weighted by atomic mass is 9.66. The summed E-state index contributed by atoms with van der Waals surface area (Å²) in [5.74, 6) is 0. The number of alkyl halides is 3. The molecule has 3 rings (SSSR count). The number of nitrogens with one attached hydrogen (secondary N) is 1. The van der Waals surface area contributed by atoms with E-state index in [-0.39, 0.29) is 19.4 Å². The van der Waals surface area contributed by atoms with E-state index in [0.717, 1.165) is 0 Å². The first kappa shape index (κ1) is 8.31. The van der Waals surface area contributed by atoms with Crippen molar-refractivity contribution < 1.29 is 17.9 Å². The highest BCUT2D eigenvalue weighted by molar-refractivity contribution is 5.12. The van der Waals surface area contributed by atoms with Crippen molar-refractivity contribution in [3.8, 4) is 0 Å². The van der Waals surface area contributed by atoms with Gasteiger partial charge in [0.15, 0.2) is 0 Å². The first-order valence-electron chi connectivity index (χ1n) is 3.83. The van der Waals surface area contributed by atoms with Gasteiger partial charge in [-0.25, -0.2) is 0 Å². The Bertz CT molecular complexity index is 207. The molecular formula is C7H10F3NO. The van der Waals surface area contributed by atoms with E-state index in [4.69, 9.17) is 4.74 Å². The van der Waals surface area contributed by atoms with Gasteiger partial charge in [-0.2, -0.15) is 13.2 Å². The van der Waals surface area contributed by atoms with Gasteiger partial charge < -0.3 is 4.74 Å². The van der Waals surface area contributed by atoms with E-state index in [0.29, 0.717) is 0 Å². The summed E-state index contributed by atoms with van der Waals surface area (Å²) in [6, 6.07) is 0. The van der Waals surface area contributed by atoms with Gasteiger partial charge in [0.2, 0.25) is 0 Å². The van der Waals surface area contributed by atoms with Crippen LogP contribution in [0.4, 0.5) is 13.2 Å². The van der Waals surface area contributed by atoms with Gasteiger partial charge in [0, 0.05) is 12.8 Å². The molecule has 0 spiro atoms. The first-order valence-corrected chi connectivity index (χ1v) is 3.83. The maximum Gasteiger partial charge on any atom is 0.397 e. The summed E-state index contributed by atoms with van der Waals surface area (Å²) >= 11 is 0. The molecule has 3 aliphatic rings. The van der Waals surface area contributed by atoms with Crippen LogP contribution < -0.4 is 5.32 Å². The van der Waals surface area contributed by atoms with Gasteiger partial charge in [0.1, 0.15) is 5.72 Å². The Kier molecular flexibility index (Phi) is 1.36. The summed E-state index contributed by atoms with van der Waals surface area (Å²) in [4.78, 5) is 0. The fourth-order valence-corrected chi connectivity index (χ4v) is 2.05. The topological polar surface area (TPSA) is 21.3 Å². The van der Waals surface area contributed by atoms with Crippen molar-refractivity contribution in [2.24, 2.45) is 5.41 Å². The van der Waals surface area contributed by atoms with Gasteiger partial charge in [-0.05, 0) is 7.05 Å². The summed E-state index contributed by atoms with van der Waals surface area (Å²) < 4.78 is 42.2. The molecule has 1 N–H and O–H groups in total. The quantitative estimate of drug-likeness (QED) is 0.657. The second-order valence-electron chi connectivity index (χ2n) is 3.66. The Hall–Kier alpha value is -0.290. The molecule has 0 amide bonds. The summed E-state index contributed by atoms with van der Waals surface area (Å²) in [7, 11) is 1.63. The molecule has 2 heterocycles. The zero-order valence-electron chi connectivity index (χ0n) is 6.66. The predicted molar refractivity (Wildman–Crippen MR) is 35.5 cm³/mol. The van der Waals surface area contributed by atoms with Gasteiger partial charge in [0.05, 0.1) is 12.0 Å². The largest absolute Gasteiger partial charge is 0.397 e. The lowest BCUT2D eigenvalue weighted by Crippen LogP contribution is -2.58. The molecule has 0 radical (unpaired) electrons. The van der Waals surface area contributed by atoms with E-state index < -0.39 is 17.3 Å². The minimum absolute atomic E-state index is 0.0694. The Morgan fingerprint density at radius 2 is 1.92 bits per heavy atom. The third-order valence-electron chi connectivity index (χ3n) is 2.93. The van der Waals surface area contributed by atoms with Gasteiger partial charge in [0.25, 0.3) is 0 Å². The molecule has 12 heavy (non-hydrogen) atoms. The van der Waals surface area contributed by atoms with E-state index in [9.17, 15) is 13.2 Å². The summed E-state index contributed by atoms with van der Waals surface area (Å²) in [5.41, 5.74) is -2.22. The van der Waals surface area contributed by atoms with Crippen molar-refractivity contribution in [1.29, 1.82) is 0 Å². The molecule has 2 nitrogen and oxygen atoms in total. The van der Waals surface area contributed by atoms with Crippen molar-refractivity contribution in [2.75, 3.05) is 13.7 Å². The van der Waals surface area contributed by atoms with Crippen LogP contribution in [0.1, 0.15) is 12.8 Å². The van der Waals surface area contributed by atoms with Crippen LogP contribution in [-0.4, -0.2) is 25.6 Å². The molecule has 1 saturated carbocycles. The molecule has 2 saturated heterocycles. The lowest BCUT2D eigenvalue weighted by Gasteiger charge is -2.44.